The van der Waals surface area contributed by atoms with Crippen LogP contribution in [-0.4, -0.2) is 16.2 Å². The molecule has 0 fully saturated rings. The molecule has 4 aromatic rings. The van der Waals surface area contributed by atoms with Crippen molar-refractivity contribution < 1.29 is 13.9 Å². The highest BCUT2D eigenvalue weighted by atomic mass is 79.9. The number of nitrogens with zero attached hydrogens (tertiary/aromatic N) is 1. The lowest BCUT2D eigenvalue weighted by Crippen LogP contribution is -2.08. The highest BCUT2D eigenvalue weighted by molar-refractivity contribution is 9.10. The number of H-pyrrole nitrogens is 1. The van der Waals surface area contributed by atoms with E-state index >= 15 is 0 Å². The lowest BCUT2D eigenvalue weighted by Gasteiger charge is -2.06. The SMILES string of the molecule is O=C(OCc1cc(=O)oc2cc(Br)ccc12)c1n[nH]c2ccccc12. The smallest absolute Gasteiger partial charge is 0.359 e. The van der Waals surface area contributed by atoms with Crippen molar-refractivity contribution >= 4 is 43.8 Å². The maximum Gasteiger partial charge on any atom is 0.359 e. The number of nitrogens with one attached hydrogen (secondary N) is 1. The fourth-order valence-corrected chi connectivity index (χ4v) is 2.99. The quantitative estimate of drug-likeness (QED) is 0.419. The fourth-order valence-electron chi connectivity index (χ4n) is 2.65. The number of halogens is 1. The average molecular weight is 399 g/mol. The largest absolute Gasteiger partial charge is 0.456 e. The summed E-state index contributed by atoms with van der Waals surface area (Å²) in [7, 11) is 0. The second-order valence-corrected chi connectivity index (χ2v) is 6.34. The second kappa shape index (κ2) is 6.18. The number of benzene rings is 2. The van der Waals surface area contributed by atoms with Gasteiger partial charge in [0.15, 0.2) is 5.69 Å². The predicted octanol–water partition coefficient (Wildman–Crippen LogP) is 3.79. The summed E-state index contributed by atoms with van der Waals surface area (Å²) in [6.07, 6.45) is 0. The van der Waals surface area contributed by atoms with Gasteiger partial charge in [-0.3, -0.25) is 5.10 Å². The number of aromatic amines is 1. The van der Waals surface area contributed by atoms with Crippen molar-refractivity contribution in [1.82, 2.24) is 10.2 Å². The van der Waals surface area contributed by atoms with E-state index in [1.54, 1.807) is 18.2 Å². The molecule has 0 saturated carbocycles. The minimum absolute atomic E-state index is 0.0518. The zero-order valence-corrected chi connectivity index (χ0v) is 14.4. The van der Waals surface area contributed by atoms with Crippen LogP contribution in [0.4, 0.5) is 0 Å². The number of carbonyl (C=O) groups is 1. The standard InChI is InChI=1S/C18H11BrN2O4/c19-11-5-6-12-10(7-16(22)25-15(12)8-11)9-24-18(23)17-13-3-1-2-4-14(13)20-21-17/h1-8H,9H2,(H,20,21). The van der Waals surface area contributed by atoms with Gasteiger partial charge < -0.3 is 9.15 Å². The van der Waals surface area contributed by atoms with Crippen LogP contribution in [0.3, 0.4) is 0 Å². The van der Waals surface area contributed by atoms with Crippen LogP contribution in [0.1, 0.15) is 16.1 Å². The Morgan fingerprint density at radius 1 is 1.16 bits per heavy atom. The molecule has 25 heavy (non-hydrogen) atoms. The first kappa shape index (κ1) is 15.6. The summed E-state index contributed by atoms with van der Waals surface area (Å²) in [5, 5.41) is 8.20. The summed E-state index contributed by atoms with van der Waals surface area (Å²) >= 11 is 3.33. The number of esters is 1. The van der Waals surface area contributed by atoms with Gasteiger partial charge in [-0.2, -0.15) is 5.10 Å². The van der Waals surface area contributed by atoms with Crippen LogP contribution in [0.5, 0.6) is 0 Å². The molecule has 0 aliphatic carbocycles. The summed E-state index contributed by atoms with van der Waals surface area (Å²) in [4.78, 5) is 24.1. The molecule has 0 amide bonds. The van der Waals surface area contributed by atoms with Gasteiger partial charge in [0.2, 0.25) is 0 Å². The van der Waals surface area contributed by atoms with Crippen LogP contribution in [0.15, 0.2) is 62.2 Å². The minimum atomic E-state index is -0.559. The Hall–Kier alpha value is -2.93. The Bertz CT molecular complexity index is 1160. The molecule has 7 heteroatoms. The number of aromatic nitrogens is 2. The molecule has 0 bridgehead atoms. The number of hydrogen-bond donors (Lipinski definition) is 1. The van der Waals surface area contributed by atoms with E-state index in [1.165, 1.54) is 6.07 Å². The number of ether oxygens (including phenoxy) is 1. The van der Waals surface area contributed by atoms with Gasteiger partial charge in [0.05, 0.1) is 5.52 Å². The van der Waals surface area contributed by atoms with E-state index < -0.39 is 11.6 Å². The third-order valence-electron chi connectivity index (χ3n) is 3.81. The number of rotatable bonds is 3. The van der Waals surface area contributed by atoms with Crippen LogP contribution in [0.25, 0.3) is 21.9 Å². The van der Waals surface area contributed by atoms with Crippen molar-refractivity contribution in [2.75, 3.05) is 0 Å². The van der Waals surface area contributed by atoms with E-state index in [0.29, 0.717) is 21.9 Å². The number of fused-ring (bicyclic) bond motifs is 2. The van der Waals surface area contributed by atoms with Gasteiger partial charge in [0.25, 0.3) is 0 Å². The van der Waals surface area contributed by atoms with Gasteiger partial charge in [-0.15, -0.1) is 0 Å². The second-order valence-electron chi connectivity index (χ2n) is 5.43. The van der Waals surface area contributed by atoms with E-state index in [1.807, 2.05) is 24.3 Å². The Morgan fingerprint density at radius 3 is 2.88 bits per heavy atom. The first-order valence-corrected chi connectivity index (χ1v) is 8.23. The maximum atomic E-state index is 12.4. The van der Waals surface area contributed by atoms with E-state index in [0.717, 1.165) is 9.99 Å². The normalized spacial score (nSPS) is 11.1. The summed E-state index contributed by atoms with van der Waals surface area (Å²) in [5.74, 6) is -0.559. The molecule has 0 radical (unpaired) electrons. The van der Waals surface area contributed by atoms with Crippen molar-refractivity contribution in [1.29, 1.82) is 0 Å². The van der Waals surface area contributed by atoms with Crippen molar-refractivity contribution in [2.45, 2.75) is 6.61 Å². The Labute approximate surface area is 149 Å². The van der Waals surface area contributed by atoms with Gasteiger partial charge in [-0.1, -0.05) is 34.1 Å². The monoisotopic (exact) mass is 398 g/mol. The molecule has 0 saturated heterocycles. The molecule has 2 heterocycles. The number of hydrogen-bond acceptors (Lipinski definition) is 5. The van der Waals surface area contributed by atoms with Gasteiger partial charge in [0.1, 0.15) is 12.2 Å². The molecule has 6 nitrogen and oxygen atoms in total. The summed E-state index contributed by atoms with van der Waals surface area (Å²) in [6.45, 7) is -0.0518. The first-order chi connectivity index (χ1) is 12.1. The van der Waals surface area contributed by atoms with Gasteiger partial charge >= 0.3 is 11.6 Å². The molecule has 0 unspecified atom stereocenters. The van der Waals surface area contributed by atoms with E-state index in [2.05, 4.69) is 26.1 Å². The molecule has 2 aromatic carbocycles. The van der Waals surface area contributed by atoms with Crippen molar-refractivity contribution in [2.24, 2.45) is 0 Å². The third-order valence-corrected chi connectivity index (χ3v) is 4.31. The van der Waals surface area contributed by atoms with Crippen LogP contribution < -0.4 is 5.63 Å². The molecule has 124 valence electrons. The summed E-state index contributed by atoms with van der Waals surface area (Å²) in [6, 6.07) is 13.9. The average Bonchev–Trinajstić information content (AvgIpc) is 3.03. The first-order valence-electron chi connectivity index (χ1n) is 7.44. The molecule has 0 aliphatic rings. The summed E-state index contributed by atoms with van der Waals surface area (Å²) < 4.78 is 11.3. The number of para-hydroxylation sites is 1. The number of carbonyl (C=O) groups excluding carboxylic acids is 1. The van der Waals surface area contributed by atoms with Crippen molar-refractivity contribution in [3.63, 3.8) is 0 Å². The van der Waals surface area contributed by atoms with Crippen LogP contribution >= 0.6 is 15.9 Å². The van der Waals surface area contributed by atoms with Crippen LogP contribution in [-0.2, 0) is 11.3 Å². The lowest BCUT2D eigenvalue weighted by atomic mass is 10.1. The molecular formula is C18H11BrN2O4. The molecule has 1 N–H and O–H groups in total. The topological polar surface area (TPSA) is 85.2 Å². The van der Waals surface area contributed by atoms with Crippen LogP contribution in [0.2, 0.25) is 0 Å². The maximum absolute atomic E-state index is 12.4. The molecule has 0 spiro atoms. The molecule has 4 rings (SSSR count). The van der Waals surface area contributed by atoms with Gasteiger partial charge in [-0.25, -0.2) is 9.59 Å². The Morgan fingerprint density at radius 2 is 2.00 bits per heavy atom. The van der Waals surface area contributed by atoms with Gasteiger partial charge in [-0.05, 0) is 24.3 Å². The fraction of sp³-hybridized carbons (Fsp3) is 0.0556. The Kier molecular flexibility index (Phi) is 3.85. The van der Waals surface area contributed by atoms with E-state index in [-0.39, 0.29) is 12.3 Å². The molecule has 2 aromatic heterocycles. The minimum Gasteiger partial charge on any atom is -0.456 e. The van der Waals surface area contributed by atoms with Crippen molar-refractivity contribution in [3.8, 4) is 0 Å². The van der Waals surface area contributed by atoms with E-state index in [9.17, 15) is 9.59 Å². The zero-order chi connectivity index (χ0) is 17.4. The molecule has 0 atom stereocenters. The van der Waals surface area contributed by atoms with Gasteiger partial charge in [0, 0.05) is 26.9 Å². The summed E-state index contributed by atoms with van der Waals surface area (Å²) in [5.41, 5.74) is 1.47. The van der Waals surface area contributed by atoms with Crippen LogP contribution in [0, 0.1) is 0 Å². The highest BCUT2D eigenvalue weighted by Crippen LogP contribution is 2.23. The third kappa shape index (κ3) is 2.94. The predicted molar refractivity (Wildman–Crippen MR) is 95.4 cm³/mol. The lowest BCUT2D eigenvalue weighted by molar-refractivity contribution is 0.0469. The Balaban J connectivity index is 1.64. The molecular weight excluding hydrogens is 388 g/mol. The van der Waals surface area contributed by atoms with Crippen molar-refractivity contribution in [3.05, 3.63) is 74.7 Å². The highest BCUT2D eigenvalue weighted by Gasteiger charge is 2.16. The zero-order valence-electron chi connectivity index (χ0n) is 12.8. The molecule has 0 aliphatic heterocycles. The van der Waals surface area contributed by atoms with E-state index in [4.69, 9.17) is 9.15 Å².